The monoisotopic (exact) mass is 290 g/mol. The maximum atomic E-state index is 11.5. The lowest BCUT2D eigenvalue weighted by Gasteiger charge is -2.18. The van der Waals surface area contributed by atoms with E-state index in [1.807, 2.05) is 0 Å². The fourth-order valence-corrected chi connectivity index (χ4v) is 1.29. The van der Waals surface area contributed by atoms with Crippen molar-refractivity contribution in [2.24, 2.45) is 5.41 Å². The summed E-state index contributed by atoms with van der Waals surface area (Å²) in [6.45, 7) is 3.29. The number of imide groups is 1. The second-order valence-electron chi connectivity index (χ2n) is 4.94. The maximum absolute atomic E-state index is 11.5. The van der Waals surface area contributed by atoms with E-state index in [9.17, 15) is 14.4 Å². The van der Waals surface area contributed by atoms with Gasteiger partial charge in [0.25, 0.3) is 0 Å². The van der Waals surface area contributed by atoms with Crippen LogP contribution in [0.3, 0.4) is 0 Å². The minimum Gasteiger partial charge on any atom is -0.481 e. The number of carbonyl (C=O) groups is 3. The van der Waals surface area contributed by atoms with Crippen molar-refractivity contribution in [1.82, 2.24) is 10.6 Å². The molecule has 8 nitrogen and oxygen atoms in total. The van der Waals surface area contributed by atoms with Crippen LogP contribution in [0.5, 0.6) is 0 Å². The van der Waals surface area contributed by atoms with Crippen molar-refractivity contribution in [2.75, 3.05) is 27.4 Å². The second kappa shape index (κ2) is 8.49. The SMILES string of the molecule is COCC(CNC(=O)NC(=O)CC(C)(C)C(=O)O)OC. The number of carboxylic acids is 1. The molecule has 0 aromatic rings. The van der Waals surface area contributed by atoms with E-state index in [-0.39, 0.29) is 19.1 Å². The van der Waals surface area contributed by atoms with Crippen molar-refractivity contribution in [2.45, 2.75) is 26.4 Å². The molecule has 0 aromatic heterocycles. The summed E-state index contributed by atoms with van der Waals surface area (Å²) < 4.78 is 9.90. The molecule has 20 heavy (non-hydrogen) atoms. The molecule has 1 atom stereocenters. The van der Waals surface area contributed by atoms with E-state index in [1.54, 1.807) is 0 Å². The molecule has 0 aliphatic heterocycles. The van der Waals surface area contributed by atoms with Gasteiger partial charge in [0.05, 0.1) is 18.1 Å². The summed E-state index contributed by atoms with van der Waals surface area (Å²) in [5, 5.41) is 13.4. The smallest absolute Gasteiger partial charge is 0.321 e. The highest BCUT2D eigenvalue weighted by molar-refractivity contribution is 5.96. The third kappa shape index (κ3) is 7.05. The summed E-state index contributed by atoms with van der Waals surface area (Å²) in [5.74, 6) is -1.76. The largest absolute Gasteiger partial charge is 0.481 e. The van der Waals surface area contributed by atoms with Crippen molar-refractivity contribution < 1.29 is 29.0 Å². The Morgan fingerprint density at radius 3 is 2.30 bits per heavy atom. The first kappa shape index (κ1) is 18.3. The molecule has 0 aliphatic carbocycles. The molecule has 0 saturated carbocycles. The fraction of sp³-hybridized carbons (Fsp3) is 0.750. The number of hydrogen-bond acceptors (Lipinski definition) is 5. The lowest BCUT2D eigenvalue weighted by molar-refractivity contribution is -0.149. The van der Waals surface area contributed by atoms with Gasteiger partial charge >= 0.3 is 12.0 Å². The summed E-state index contributed by atoms with van der Waals surface area (Å²) in [5.41, 5.74) is -1.23. The Hall–Kier alpha value is -1.67. The molecule has 0 radical (unpaired) electrons. The number of aliphatic carboxylic acids is 1. The highest BCUT2D eigenvalue weighted by Gasteiger charge is 2.30. The molecule has 3 amide bonds. The Bertz CT molecular complexity index is 356. The van der Waals surface area contributed by atoms with E-state index < -0.39 is 23.3 Å². The van der Waals surface area contributed by atoms with Gasteiger partial charge in [-0.15, -0.1) is 0 Å². The summed E-state index contributed by atoms with van der Waals surface area (Å²) in [4.78, 5) is 33.8. The zero-order valence-electron chi connectivity index (χ0n) is 12.2. The molecule has 0 saturated heterocycles. The van der Waals surface area contributed by atoms with Gasteiger partial charge in [0.1, 0.15) is 0 Å². The first-order chi connectivity index (χ1) is 9.22. The fourth-order valence-electron chi connectivity index (χ4n) is 1.29. The van der Waals surface area contributed by atoms with Crippen LogP contribution in [0, 0.1) is 5.41 Å². The topological polar surface area (TPSA) is 114 Å². The van der Waals surface area contributed by atoms with E-state index in [4.69, 9.17) is 14.6 Å². The number of ether oxygens (including phenoxy) is 2. The molecule has 116 valence electrons. The van der Waals surface area contributed by atoms with Gasteiger partial charge < -0.3 is 19.9 Å². The van der Waals surface area contributed by atoms with Crippen molar-refractivity contribution in [1.29, 1.82) is 0 Å². The Balaban J connectivity index is 4.15. The number of methoxy groups -OCH3 is 2. The van der Waals surface area contributed by atoms with Gasteiger partial charge in [0.2, 0.25) is 5.91 Å². The zero-order chi connectivity index (χ0) is 15.8. The maximum Gasteiger partial charge on any atom is 0.321 e. The highest BCUT2D eigenvalue weighted by Crippen LogP contribution is 2.19. The third-order valence-electron chi connectivity index (χ3n) is 2.61. The first-order valence-corrected chi connectivity index (χ1v) is 6.05. The van der Waals surface area contributed by atoms with E-state index in [2.05, 4.69) is 10.6 Å². The minimum absolute atomic E-state index is 0.172. The zero-order valence-corrected chi connectivity index (χ0v) is 12.2. The van der Waals surface area contributed by atoms with Crippen LogP contribution in [-0.2, 0) is 19.1 Å². The van der Waals surface area contributed by atoms with Crippen LogP contribution in [-0.4, -0.2) is 56.5 Å². The van der Waals surface area contributed by atoms with Gasteiger partial charge in [-0.1, -0.05) is 0 Å². The molecule has 1 unspecified atom stereocenters. The average Bonchev–Trinajstić information content (AvgIpc) is 2.33. The average molecular weight is 290 g/mol. The van der Waals surface area contributed by atoms with Crippen LogP contribution in [0.4, 0.5) is 4.79 Å². The highest BCUT2D eigenvalue weighted by atomic mass is 16.5. The van der Waals surface area contributed by atoms with E-state index in [0.717, 1.165) is 0 Å². The van der Waals surface area contributed by atoms with E-state index >= 15 is 0 Å². The molecular formula is C12H22N2O6. The Morgan fingerprint density at radius 2 is 1.85 bits per heavy atom. The number of nitrogens with one attached hydrogen (secondary N) is 2. The minimum atomic E-state index is -1.23. The summed E-state index contributed by atoms with van der Waals surface area (Å²) in [6, 6.07) is -0.700. The van der Waals surface area contributed by atoms with E-state index in [1.165, 1.54) is 28.1 Å². The molecule has 0 bridgehead atoms. The van der Waals surface area contributed by atoms with Crippen molar-refractivity contribution in [3.05, 3.63) is 0 Å². The number of urea groups is 1. The third-order valence-corrected chi connectivity index (χ3v) is 2.61. The van der Waals surface area contributed by atoms with Gasteiger partial charge in [-0.25, -0.2) is 4.79 Å². The van der Waals surface area contributed by atoms with Crippen LogP contribution in [0.15, 0.2) is 0 Å². The van der Waals surface area contributed by atoms with Crippen molar-refractivity contribution in [3.63, 3.8) is 0 Å². The normalized spacial score (nSPS) is 12.6. The summed E-state index contributed by atoms with van der Waals surface area (Å²) in [7, 11) is 2.98. The molecule has 0 rings (SSSR count). The molecule has 0 aromatic carbocycles. The predicted molar refractivity (Wildman–Crippen MR) is 70.2 cm³/mol. The molecule has 3 N–H and O–H groups in total. The second-order valence-corrected chi connectivity index (χ2v) is 4.94. The summed E-state index contributed by atoms with van der Waals surface area (Å²) >= 11 is 0. The van der Waals surface area contributed by atoms with Gasteiger partial charge in [0, 0.05) is 27.2 Å². The molecule has 8 heteroatoms. The Labute approximate surface area is 117 Å². The number of hydrogen-bond donors (Lipinski definition) is 3. The van der Waals surface area contributed by atoms with E-state index in [0.29, 0.717) is 6.61 Å². The summed E-state index contributed by atoms with van der Waals surface area (Å²) in [6.07, 6.45) is -0.613. The van der Waals surface area contributed by atoms with Crippen LogP contribution in [0.25, 0.3) is 0 Å². The number of rotatable bonds is 8. The number of carbonyl (C=O) groups excluding carboxylic acids is 2. The van der Waals surface area contributed by atoms with Gasteiger partial charge in [-0.05, 0) is 13.8 Å². The molecular weight excluding hydrogens is 268 g/mol. The van der Waals surface area contributed by atoms with Gasteiger partial charge in [0.15, 0.2) is 0 Å². The molecule has 0 heterocycles. The number of carboxylic acid groups (broad SMARTS) is 1. The van der Waals surface area contributed by atoms with Crippen molar-refractivity contribution in [3.8, 4) is 0 Å². The Kier molecular flexibility index (Phi) is 7.78. The van der Waals surface area contributed by atoms with Crippen molar-refractivity contribution >= 4 is 17.9 Å². The molecule has 0 fully saturated rings. The number of amides is 3. The lowest BCUT2D eigenvalue weighted by Crippen LogP contribution is -2.45. The molecule has 0 spiro atoms. The first-order valence-electron chi connectivity index (χ1n) is 6.05. The Morgan fingerprint density at radius 1 is 1.25 bits per heavy atom. The molecule has 0 aliphatic rings. The van der Waals surface area contributed by atoms with Crippen LogP contribution in [0.2, 0.25) is 0 Å². The quantitative estimate of drug-likeness (QED) is 0.578. The lowest BCUT2D eigenvalue weighted by atomic mass is 9.89. The van der Waals surface area contributed by atoms with Crippen LogP contribution < -0.4 is 10.6 Å². The van der Waals surface area contributed by atoms with Gasteiger partial charge in [-0.3, -0.25) is 14.9 Å². The predicted octanol–water partition coefficient (Wildman–Crippen LogP) is -0.0255. The van der Waals surface area contributed by atoms with Crippen LogP contribution in [0.1, 0.15) is 20.3 Å². The van der Waals surface area contributed by atoms with Crippen LogP contribution >= 0.6 is 0 Å². The van der Waals surface area contributed by atoms with Gasteiger partial charge in [-0.2, -0.15) is 0 Å². The standard InChI is InChI=1S/C12H22N2O6/c1-12(2,10(16)17)5-9(15)14-11(18)13-6-8(20-4)7-19-3/h8H,5-7H2,1-4H3,(H,16,17)(H2,13,14,15,18).